The van der Waals surface area contributed by atoms with Gasteiger partial charge in [-0.05, 0) is 43.4 Å². The predicted octanol–water partition coefficient (Wildman–Crippen LogP) is 2.66. The van der Waals surface area contributed by atoms with Crippen molar-refractivity contribution in [2.45, 2.75) is 31.7 Å². The van der Waals surface area contributed by atoms with Gasteiger partial charge in [-0.15, -0.1) is 0 Å². The highest BCUT2D eigenvalue weighted by Crippen LogP contribution is 2.31. The van der Waals surface area contributed by atoms with Crippen LogP contribution in [0.5, 0.6) is 0 Å². The summed E-state index contributed by atoms with van der Waals surface area (Å²) in [5.74, 6) is 0.0435. The monoisotopic (exact) mass is 248 g/mol. The molecule has 1 aliphatic carbocycles. The van der Waals surface area contributed by atoms with Gasteiger partial charge in [0.1, 0.15) is 11.9 Å². The molecule has 1 aromatic rings. The van der Waals surface area contributed by atoms with E-state index in [2.05, 4.69) is 5.32 Å². The maximum Gasteiger partial charge on any atom is 0.124 e. The van der Waals surface area contributed by atoms with Crippen LogP contribution in [0, 0.1) is 23.1 Å². The Morgan fingerprint density at radius 3 is 3.00 bits per heavy atom. The highest BCUT2D eigenvalue weighted by Gasteiger charge is 2.27. The minimum atomic E-state index is -0.393. The highest BCUT2D eigenvalue weighted by atomic mass is 19.1. The van der Waals surface area contributed by atoms with Gasteiger partial charge in [0.05, 0.1) is 11.3 Å². The Kier molecular flexibility index (Phi) is 4.16. The second-order valence-corrected chi connectivity index (χ2v) is 4.76. The van der Waals surface area contributed by atoms with Crippen LogP contribution in [0.3, 0.4) is 0 Å². The molecule has 0 aromatic heterocycles. The summed E-state index contributed by atoms with van der Waals surface area (Å²) in [6.45, 7) is 0.192. The third kappa shape index (κ3) is 2.80. The van der Waals surface area contributed by atoms with Crippen molar-refractivity contribution in [1.82, 2.24) is 0 Å². The zero-order chi connectivity index (χ0) is 13.0. The van der Waals surface area contributed by atoms with Crippen LogP contribution in [0.2, 0.25) is 0 Å². The Morgan fingerprint density at radius 1 is 1.44 bits per heavy atom. The number of hydrogen-bond acceptors (Lipinski definition) is 3. The molecule has 2 rings (SSSR count). The van der Waals surface area contributed by atoms with Crippen LogP contribution in [0.25, 0.3) is 0 Å². The van der Waals surface area contributed by atoms with Crippen molar-refractivity contribution in [3.63, 3.8) is 0 Å². The molecule has 2 N–H and O–H groups in total. The van der Waals surface area contributed by atoms with Gasteiger partial charge in [0.2, 0.25) is 0 Å². The van der Waals surface area contributed by atoms with Crippen molar-refractivity contribution in [3.8, 4) is 6.07 Å². The largest absolute Gasteiger partial charge is 0.396 e. The van der Waals surface area contributed by atoms with E-state index in [4.69, 9.17) is 10.4 Å². The van der Waals surface area contributed by atoms with E-state index in [1.54, 1.807) is 6.07 Å². The van der Waals surface area contributed by atoms with Crippen LogP contribution in [0.4, 0.5) is 10.1 Å². The molecule has 3 nitrogen and oxygen atoms in total. The van der Waals surface area contributed by atoms with Crippen LogP contribution in [-0.2, 0) is 0 Å². The lowest BCUT2D eigenvalue weighted by Gasteiger charge is -2.22. The Hall–Kier alpha value is -1.60. The molecule has 0 aliphatic heterocycles. The van der Waals surface area contributed by atoms with E-state index in [1.165, 1.54) is 12.1 Å². The van der Waals surface area contributed by atoms with Crippen LogP contribution in [0.15, 0.2) is 18.2 Å². The van der Waals surface area contributed by atoms with Gasteiger partial charge >= 0.3 is 0 Å². The number of nitriles is 1. The molecule has 2 atom stereocenters. The van der Waals surface area contributed by atoms with Gasteiger partial charge in [0, 0.05) is 12.6 Å². The van der Waals surface area contributed by atoms with Crippen LogP contribution >= 0.6 is 0 Å². The van der Waals surface area contributed by atoms with Gasteiger partial charge in [-0.1, -0.05) is 6.42 Å². The second-order valence-electron chi connectivity index (χ2n) is 4.76. The molecular formula is C14H17FN2O. The molecule has 0 heterocycles. The zero-order valence-electron chi connectivity index (χ0n) is 10.2. The Balaban J connectivity index is 2.11. The summed E-state index contributed by atoms with van der Waals surface area (Å²) in [4.78, 5) is 0. The Morgan fingerprint density at radius 2 is 2.28 bits per heavy atom. The number of halogens is 1. The van der Waals surface area contributed by atoms with Crippen molar-refractivity contribution in [2.24, 2.45) is 5.92 Å². The first-order chi connectivity index (χ1) is 8.74. The van der Waals surface area contributed by atoms with Crippen LogP contribution in [-0.4, -0.2) is 17.8 Å². The first-order valence-electron chi connectivity index (χ1n) is 6.31. The van der Waals surface area contributed by atoms with Crippen molar-refractivity contribution in [1.29, 1.82) is 5.26 Å². The van der Waals surface area contributed by atoms with E-state index < -0.39 is 5.82 Å². The molecule has 1 saturated carbocycles. The fourth-order valence-corrected chi connectivity index (χ4v) is 2.67. The van der Waals surface area contributed by atoms with Gasteiger partial charge in [0.25, 0.3) is 0 Å². The smallest absolute Gasteiger partial charge is 0.124 e. The summed E-state index contributed by atoms with van der Waals surface area (Å²) >= 11 is 0. The van der Waals surface area contributed by atoms with Crippen molar-refractivity contribution >= 4 is 5.69 Å². The molecule has 2 unspecified atom stereocenters. The number of hydrogen-bond donors (Lipinski definition) is 2. The summed E-state index contributed by atoms with van der Waals surface area (Å²) in [6.07, 6.45) is 4.04. The summed E-state index contributed by atoms with van der Waals surface area (Å²) in [5.41, 5.74) is 1.03. The maximum absolute atomic E-state index is 13.0. The number of rotatable bonds is 4. The average molecular weight is 248 g/mol. The van der Waals surface area contributed by atoms with E-state index in [0.717, 1.165) is 25.7 Å². The molecule has 0 bridgehead atoms. The number of aliphatic hydroxyl groups excluding tert-OH is 1. The number of nitrogens with zero attached hydrogens (tertiary/aromatic N) is 1. The standard InChI is InChI=1S/C14H17FN2O/c15-12-4-5-14(11(8-12)9-16)17-13-3-1-2-10(13)6-7-18/h4-5,8,10,13,17-18H,1-3,6-7H2. The summed E-state index contributed by atoms with van der Waals surface area (Å²) < 4.78 is 13.0. The van der Waals surface area contributed by atoms with E-state index in [-0.39, 0.29) is 12.6 Å². The first-order valence-corrected chi connectivity index (χ1v) is 6.31. The minimum Gasteiger partial charge on any atom is -0.396 e. The van der Waals surface area contributed by atoms with E-state index >= 15 is 0 Å². The molecule has 0 saturated heterocycles. The van der Waals surface area contributed by atoms with Crippen molar-refractivity contribution in [2.75, 3.05) is 11.9 Å². The molecular weight excluding hydrogens is 231 g/mol. The average Bonchev–Trinajstić information content (AvgIpc) is 2.79. The first kappa shape index (κ1) is 12.8. The van der Waals surface area contributed by atoms with Crippen molar-refractivity contribution in [3.05, 3.63) is 29.6 Å². The van der Waals surface area contributed by atoms with Crippen molar-refractivity contribution < 1.29 is 9.50 Å². The number of anilines is 1. The lowest BCUT2D eigenvalue weighted by Crippen LogP contribution is -2.25. The molecule has 18 heavy (non-hydrogen) atoms. The predicted molar refractivity (Wildman–Crippen MR) is 67.6 cm³/mol. The van der Waals surface area contributed by atoms with E-state index in [0.29, 0.717) is 17.2 Å². The van der Waals surface area contributed by atoms with Crippen LogP contribution in [0.1, 0.15) is 31.2 Å². The van der Waals surface area contributed by atoms with E-state index in [1.807, 2.05) is 6.07 Å². The summed E-state index contributed by atoms with van der Waals surface area (Å²) in [5, 5.41) is 21.3. The summed E-state index contributed by atoms with van der Waals surface area (Å²) in [7, 11) is 0. The molecule has 96 valence electrons. The van der Waals surface area contributed by atoms with Crippen LogP contribution < -0.4 is 5.32 Å². The Bertz CT molecular complexity index is 456. The molecule has 4 heteroatoms. The topological polar surface area (TPSA) is 56.0 Å². The molecule has 0 spiro atoms. The maximum atomic E-state index is 13.0. The van der Waals surface area contributed by atoms with Gasteiger partial charge in [-0.25, -0.2) is 4.39 Å². The fraction of sp³-hybridized carbons (Fsp3) is 0.500. The van der Waals surface area contributed by atoms with Gasteiger partial charge < -0.3 is 10.4 Å². The lowest BCUT2D eigenvalue weighted by molar-refractivity contribution is 0.254. The SMILES string of the molecule is N#Cc1cc(F)ccc1NC1CCCC1CCO. The Labute approximate surface area is 106 Å². The minimum absolute atomic E-state index is 0.192. The lowest BCUT2D eigenvalue weighted by atomic mass is 9.99. The number of aliphatic hydroxyl groups is 1. The molecule has 0 amide bonds. The molecule has 1 fully saturated rings. The number of nitrogens with one attached hydrogen (secondary N) is 1. The third-order valence-electron chi connectivity index (χ3n) is 3.60. The fourth-order valence-electron chi connectivity index (χ4n) is 2.67. The molecule has 1 aliphatic rings. The zero-order valence-corrected chi connectivity index (χ0v) is 10.2. The second kappa shape index (κ2) is 5.83. The normalized spacial score (nSPS) is 22.7. The number of benzene rings is 1. The van der Waals surface area contributed by atoms with E-state index in [9.17, 15) is 4.39 Å². The summed E-state index contributed by atoms with van der Waals surface area (Å²) in [6, 6.07) is 6.50. The molecule has 0 radical (unpaired) electrons. The van der Waals surface area contributed by atoms with Gasteiger partial charge in [0.15, 0.2) is 0 Å². The van der Waals surface area contributed by atoms with Gasteiger partial charge in [-0.3, -0.25) is 0 Å². The van der Waals surface area contributed by atoms with Gasteiger partial charge in [-0.2, -0.15) is 5.26 Å². The highest BCUT2D eigenvalue weighted by molar-refractivity contribution is 5.58. The third-order valence-corrected chi connectivity index (χ3v) is 3.60. The molecule has 1 aromatic carbocycles. The quantitative estimate of drug-likeness (QED) is 0.861.